The van der Waals surface area contributed by atoms with E-state index in [1.807, 2.05) is 49.4 Å². The lowest BCUT2D eigenvalue weighted by molar-refractivity contribution is 0.0697. The number of benzene rings is 2. The Morgan fingerprint density at radius 2 is 1.75 bits per heavy atom. The molecule has 0 atom stereocenters. The van der Waals surface area contributed by atoms with Crippen molar-refractivity contribution < 1.29 is 14.7 Å². The molecule has 0 aliphatic heterocycles. The van der Waals surface area contributed by atoms with Crippen molar-refractivity contribution in [2.24, 2.45) is 0 Å². The first-order chi connectivity index (χ1) is 15.6. The van der Waals surface area contributed by atoms with Crippen LogP contribution in [0, 0.1) is 0 Å². The number of aromatic carboxylic acids is 1. The van der Waals surface area contributed by atoms with Gasteiger partial charge in [-0.1, -0.05) is 61.5 Å². The molecule has 7 heteroatoms. The van der Waals surface area contributed by atoms with E-state index >= 15 is 0 Å². The molecule has 0 saturated heterocycles. The third kappa shape index (κ3) is 4.46. The van der Waals surface area contributed by atoms with Crippen molar-refractivity contribution in [3.05, 3.63) is 101 Å². The lowest BCUT2D eigenvalue weighted by Crippen LogP contribution is -2.07. The number of carbonyl (C=O) groups excluding carboxylic acids is 1. The van der Waals surface area contributed by atoms with Crippen LogP contribution in [0.15, 0.2) is 73.1 Å². The third-order valence-corrected chi connectivity index (χ3v) is 5.10. The molecule has 0 bridgehead atoms. The fraction of sp³-hybridized carbons (Fsp3) is 0.160. The zero-order valence-corrected chi connectivity index (χ0v) is 17.6. The number of aryl methyl sites for hydroxylation is 1. The van der Waals surface area contributed by atoms with E-state index in [0.29, 0.717) is 29.9 Å². The van der Waals surface area contributed by atoms with E-state index in [-0.39, 0.29) is 17.2 Å². The molecule has 0 aliphatic carbocycles. The lowest BCUT2D eigenvalue weighted by Gasteiger charge is -2.08. The maximum atomic E-state index is 12.8. The minimum absolute atomic E-state index is 0.192. The molecule has 0 unspecified atom stereocenters. The summed E-state index contributed by atoms with van der Waals surface area (Å²) in [6.07, 6.45) is 4.40. The highest BCUT2D eigenvalue weighted by atomic mass is 16.4. The molecule has 0 aliphatic rings. The number of carboxylic acid groups (broad SMARTS) is 1. The minimum atomic E-state index is -0.991. The van der Waals surface area contributed by atoms with Crippen LogP contribution in [0.1, 0.15) is 51.3 Å². The summed E-state index contributed by atoms with van der Waals surface area (Å²) in [6, 6.07) is 18.1. The van der Waals surface area contributed by atoms with Crippen molar-refractivity contribution in [2.75, 3.05) is 0 Å². The van der Waals surface area contributed by atoms with E-state index in [0.717, 1.165) is 17.5 Å². The molecular weight excluding hydrogens is 404 g/mol. The number of ketones is 1. The summed E-state index contributed by atoms with van der Waals surface area (Å²) in [5, 5.41) is 13.9. The Labute approximate surface area is 185 Å². The standard InChI is InChI=1S/C25H22N4O3/c1-2-14-29-22(27-24(28-29)23(30)19-6-4-3-5-7-19)15-17-8-10-18(11-9-17)21-16-26-13-12-20(21)25(31)32/h3-13,16H,2,14-15H2,1H3,(H,31,32). The summed E-state index contributed by atoms with van der Waals surface area (Å²) in [6.45, 7) is 2.72. The fourth-order valence-electron chi connectivity index (χ4n) is 3.51. The zero-order valence-electron chi connectivity index (χ0n) is 17.6. The monoisotopic (exact) mass is 426 g/mol. The molecule has 0 saturated carbocycles. The predicted molar refractivity (Wildman–Crippen MR) is 120 cm³/mol. The van der Waals surface area contributed by atoms with Gasteiger partial charge in [-0.05, 0) is 23.6 Å². The van der Waals surface area contributed by atoms with Crippen molar-refractivity contribution in [1.82, 2.24) is 19.7 Å². The van der Waals surface area contributed by atoms with Crippen LogP contribution in [0.3, 0.4) is 0 Å². The number of hydrogen-bond acceptors (Lipinski definition) is 5. The summed E-state index contributed by atoms with van der Waals surface area (Å²) < 4.78 is 1.79. The molecule has 1 N–H and O–H groups in total. The molecule has 160 valence electrons. The minimum Gasteiger partial charge on any atom is -0.478 e. The Kier molecular flexibility index (Phi) is 6.17. The highest BCUT2D eigenvalue weighted by Gasteiger charge is 2.18. The van der Waals surface area contributed by atoms with E-state index in [9.17, 15) is 14.7 Å². The van der Waals surface area contributed by atoms with Gasteiger partial charge in [-0.25, -0.2) is 14.5 Å². The summed E-state index contributed by atoms with van der Waals surface area (Å²) in [7, 11) is 0. The van der Waals surface area contributed by atoms with Crippen LogP contribution in [0.5, 0.6) is 0 Å². The number of aromatic nitrogens is 4. The second-order valence-corrected chi connectivity index (χ2v) is 7.37. The SMILES string of the molecule is CCCn1nc(C(=O)c2ccccc2)nc1Cc1ccc(-c2cnccc2C(=O)O)cc1. The Morgan fingerprint density at radius 3 is 2.44 bits per heavy atom. The van der Waals surface area contributed by atoms with Crippen molar-refractivity contribution in [1.29, 1.82) is 0 Å². The van der Waals surface area contributed by atoms with Gasteiger partial charge in [-0.15, -0.1) is 5.10 Å². The van der Waals surface area contributed by atoms with Gasteiger partial charge in [0.25, 0.3) is 0 Å². The van der Waals surface area contributed by atoms with Gasteiger partial charge in [-0.2, -0.15) is 0 Å². The maximum absolute atomic E-state index is 12.8. The molecule has 0 fully saturated rings. The summed E-state index contributed by atoms with van der Waals surface area (Å²) in [5.74, 6) is -0.284. The van der Waals surface area contributed by atoms with Gasteiger partial charge in [-0.3, -0.25) is 9.78 Å². The maximum Gasteiger partial charge on any atom is 0.336 e. The molecule has 7 nitrogen and oxygen atoms in total. The van der Waals surface area contributed by atoms with E-state index in [2.05, 4.69) is 15.1 Å². The quantitative estimate of drug-likeness (QED) is 0.423. The summed E-state index contributed by atoms with van der Waals surface area (Å²) in [5.41, 5.74) is 3.09. The predicted octanol–water partition coefficient (Wildman–Crippen LogP) is 4.27. The van der Waals surface area contributed by atoms with Crippen molar-refractivity contribution in [2.45, 2.75) is 26.3 Å². The molecule has 4 rings (SSSR count). The Morgan fingerprint density at radius 1 is 1.00 bits per heavy atom. The van der Waals surface area contributed by atoms with E-state index in [4.69, 9.17) is 0 Å². The molecule has 32 heavy (non-hydrogen) atoms. The number of hydrogen-bond donors (Lipinski definition) is 1. The molecule has 2 heterocycles. The normalized spacial score (nSPS) is 10.8. The van der Waals surface area contributed by atoms with Gasteiger partial charge < -0.3 is 5.11 Å². The molecular formula is C25H22N4O3. The highest BCUT2D eigenvalue weighted by molar-refractivity contribution is 6.06. The molecule has 0 radical (unpaired) electrons. The Bertz CT molecular complexity index is 1250. The van der Waals surface area contributed by atoms with Crippen molar-refractivity contribution in [3.8, 4) is 11.1 Å². The zero-order chi connectivity index (χ0) is 22.5. The largest absolute Gasteiger partial charge is 0.478 e. The van der Waals surface area contributed by atoms with E-state index in [1.165, 1.54) is 12.3 Å². The summed E-state index contributed by atoms with van der Waals surface area (Å²) in [4.78, 5) is 32.8. The highest BCUT2D eigenvalue weighted by Crippen LogP contribution is 2.24. The van der Waals surface area contributed by atoms with Gasteiger partial charge in [0.15, 0.2) is 0 Å². The molecule has 0 amide bonds. The number of nitrogens with zero attached hydrogens (tertiary/aromatic N) is 4. The van der Waals surface area contributed by atoms with Crippen LogP contribution in [0.25, 0.3) is 11.1 Å². The third-order valence-electron chi connectivity index (χ3n) is 5.10. The van der Waals surface area contributed by atoms with Gasteiger partial charge in [0.05, 0.1) is 5.56 Å². The van der Waals surface area contributed by atoms with Crippen LogP contribution in [0.4, 0.5) is 0 Å². The Hall–Kier alpha value is -4.13. The van der Waals surface area contributed by atoms with Crippen LogP contribution in [0.2, 0.25) is 0 Å². The first-order valence-electron chi connectivity index (χ1n) is 10.4. The molecule has 2 aromatic carbocycles. The number of pyridine rings is 1. The second-order valence-electron chi connectivity index (χ2n) is 7.37. The smallest absolute Gasteiger partial charge is 0.336 e. The first kappa shape index (κ1) is 21.1. The van der Waals surface area contributed by atoms with Gasteiger partial charge in [0.1, 0.15) is 5.82 Å². The molecule has 2 aromatic heterocycles. The number of rotatable bonds is 8. The van der Waals surface area contributed by atoms with Gasteiger partial charge in [0, 0.05) is 36.5 Å². The van der Waals surface area contributed by atoms with E-state index < -0.39 is 5.97 Å². The second kappa shape index (κ2) is 9.34. The lowest BCUT2D eigenvalue weighted by atomic mass is 10.00. The van der Waals surface area contributed by atoms with E-state index in [1.54, 1.807) is 23.0 Å². The number of carboxylic acids is 1. The average Bonchev–Trinajstić information content (AvgIpc) is 3.22. The van der Waals surface area contributed by atoms with Crippen molar-refractivity contribution >= 4 is 11.8 Å². The van der Waals surface area contributed by atoms with Crippen LogP contribution in [-0.2, 0) is 13.0 Å². The number of carbonyl (C=O) groups is 2. The van der Waals surface area contributed by atoms with Crippen LogP contribution in [-0.4, -0.2) is 36.6 Å². The molecule has 0 spiro atoms. The first-order valence-corrected chi connectivity index (χ1v) is 10.4. The molecule has 4 aromatic rings. The Balaban J connectivity index is 1.60. The van der Waals surface area contributed by atoms with Gasteiger partial charge >= 0.3 is 5.97 Å². The average molecular weight is 426 g/mol. The van der Waals surface area contributed by atoms with Crippen LogP contribution >= 0.6 is 0 Å². The fourth-order valence-corrected chi connectivity index (χ4v) is 3.51. The van der Waals surface area contributed by atoms with Crippen molar-refractivity contribution in [3.63, 3.8) is 0 Å². The topological polar surface area (TPSA) is 98.0 Å². The summed E-state index contributed by atoms with van der Waals surface area (Å²) >= 11 is 0. The van der Waals surface area contributed by atoms with Crippen LogP contribution < -0.4 is 0 Å². The van der Waals surface area contributed by atoms with Gasteiger partial charge in [0.2, 0.25) is 11.6 Å².